The molecule has 10 nitrogen and oxygen atoms in total. The maximum atomic E-state index is 13.5. The SMILES string of the molecule is COc1ccc([S+]([O-])N2C[C@H](CNC(C)=O)Oc3ccc(NC(=O)OC(C)(C)C(F)(F)F)cc32)cn1. The molecule has 0 aliphatic carbocycles. The Hall–Kier alpha value is -3.39. The number of alkyl halides is 3. The fourth-order valence-electron chi connectivity index (χ4n) is 3.06. The molecule has 0 saturated heterocycles. The molecule has 0 spiro atoms. The molecule has 2 heterocycles. The van der Waals surface area contributed by atoms with Crippen LogP contribution in [0.2, 0.25) is 0 Å². The third kappa shape index (κ3) is 6.43. The van der Waals surface area contributed by atoms with Crippen LogP contribution in [0, 0.1) is 0 Å². The van der Waals surface area contributed by atoms with Crippen molar-refractivity contribution in [2.24, 2.45) is 0 Å². The standard InChI is InChI=1S/C22H25F3N4O6S/c1-13(30)26-10-15-12-29(36(32)16-6-8-19(33-4)27-11-16)17-9-14(5-7-18(17)34-15)28-20(31)35-21(2,3)22(23,24)25/h5-9,11,15H,10,12H2,1-4H3,(H,26,30)(H,28,31)/t15-,36?/m0/s1. The number of pyridine rings is 1. The van der Waals surface area contributed by atoms with E-state index in [2.05, 4.69) is 20.4 Å². The number of nitrogens with one attached hydrogen (secondary N) is 2. The summed E-state index contributed by atoms with van der Waals surface area (Å²) in [5.41, 5.74) is -2.31. The summed E-state index contributed by atoms with van der Waals surface area (Å²) in [6.07, 6.45) is -5.26. The number of nitrogens with zero attached hydrogens (tertiary/aromatic N) is 2. The average Bonchev–Trinajstić information content (AvgIpc) is 2.80. The van der Waals surface area contributed by atoms with Gasteiger partial charge in [0.15, 0.2) is 4.90 Å². The first-order valence-electron chi connectivity index (χ1n) is 10.6. The number of halogens is 3. The van der Waals surface area contributed by atoms with Crippen LogP contribution in [0.4, 0.5) is 29.3 Å². The molecule has 2 atom stereocenters. The number of rotatable bonds is 7. The van der Waals surface area contributed by atoms with Crippen LogP contribution in [-0.2, 0) is 20.9 Å². The van der Waals surface area contributed by atoms with Crippen molar-refractivity contribution in [2.75, 3.05) is 29.8 Å². The molecule has 3 rings (SSSR count). The van der Waals surface area contributed by atoms with Crippen molar-refractivity contribution in [3.63, 3.8) is 0 Å². The molecular formula is C22H25F3N4O6S. The van der Waals surface area contributed by atoms with Crippen LogP contribution >= 0.6 is 0 Å². The van der Waals surface area contributed by atoms with Gasteiger partial charge in [-0.2, -0.15) is 17.5 Å². The molecule has 2 aromatic rings. The first kappa shape index (κ1) is 27.2. The molecule has 2 amide bonds. The molecule has 196 valence electrons. The van der Waals surface area contributed by atoms with E-state index >= 15 is 0 Å². The van der Waals surface area contributed by atoms with Crippen LogP contribution in [0.5, 0.6) is 11.6 Å². The largest absolute Gasteiger partial charge is 0.588 e. The highest BCUT2D eigenvalue weighted by molar-refractivity contribution is 7.92. The Morgan fingerprint density at radius 2 is 2.00 bits per heavy atom. The van der Waals surface area contributed by atoms with Crippen LogP contribution in [-0.4, -0.2) is 59.6 Å². The van der Waals surface area contributed by atoms with Crippen LogP contribution in [0.15, 0.2) is 41.4 Å². The Morgan fingerprint density at radius 1 is 1.28 bits per heavy atom. The van der Waals surface area contributed by atoms with Gasteiger partial charge in [0.2, 0.25) is 17.4 Å². The van der Waals surface area contributed by atoms with Gasteiger partial charge in [0.25, 0.3) is 0 Å². The van der Waals surface area contributed by atoms with Crippen LogP contribution in [0.1, 0.15) is 20.8 Å². The molecule has 0 bridgehead atoms. The Balaban J connectivity index is 1.88. The fourth-order valence-corrected chi connectivity index (χ4v) is 4.27. The first-order chi connectivity index (χ1) is 16.8. The third-order valence-corrected chi connectivity index (χ3v) is 6.46. The summed E-state index contributed by atoms with van der Waals surface area (Å²) >= 11 is -1.80. The van der Waals surface area contributed by atoms with Gasteiger partial charge >= 0.3 is 12.3 Å². The Bertz CT molecular complexity index is 1100. The highest BCUT2D eigenvalue weighted by Crippen LogP contribution is 2.39. The zero-order chi connectivity index (χ0) is 26.7. The van der Waals surface area contributed by atoms with E-state index in [4.69, 9.17) is 9.47 Å². The van der Waals surface area contributed by atoms with E-state index in [1.165, 1.54) is 42.7 Å². The second kappa shape index (κ2) is 10.7. The van der Waals surface area contributed by atoms with E-state index in [1.807, 2.05) is 0 Å². The lowest BCUT2D eigenvalue weighted by Gasteiger charge is -2.35. The first-order valence-corrected chi connectivity index (χ1v) is 11.7. The molecule has 2 N–H and O–H groups in total. The van der Waals surface area contributed by atoms with E-state index < -0.39 is 35.3 Å². The average molecular weight is 531 g/mol. The predicted molar refractivity (Wildman–Crippen MR) is 124 cm³/mol. The minimum Gasteiger partial charge on any atom is -0.588 e. The Morgan fingerprint density at radius 3 is 2.58 bits per heavy atom. The molecule has 1 aliphatic heterocycles. The van der Waals surface area contributed by atoms with Crippen molar-refractivity contribution in [1.29, 1.82) is 0 Å². The number of ether oxygens (including phenoxy) is 3. The molecule has 1 aromatic carbocycles. The molecule has 1 aromatic heterocycles. The van der Waals surface area contributed by atoms with Gasteiger partial charge in [-0.3, -0.25) is 10.1 Å². The number of anilines is 2. The number of hydrogen-bond acceptors (Lipinski definition) is 8. The van der Waals surface area contributed by atoms with Crippen LogP contribution in [0.25, 0.3) is 0 Å². The summed E-state index contributed by atoms with van der Waals surface area (Å²) < 4.78 is 69.6. The number of hydrogen-bond donors (Lipinski definition) is 2. The zero-order valence-electron chi connectivity index (χ0n) is 19.8. The van der Waals surface area contributed by atoms with Crippen molar-refractivity contribution < 1.29 is 41.5 Å². The number of benzene rings is 1. The topological polar surface area (TPSA) is 125 Å². The second-order valence-corrected chi connectivity index (χ2v) is 9.64. The number of aromatic nitrogens is 1. The van der Waals surface area contributed by atoms with Gasteiger partial charge in [0.1, 0.15) is 35.4 Å². The monoisotopic (exact) mass is 530 g/mol. The van der Waals surface area contributed by atoms with E-state index in [0.29, 0.717) is 22.2 Å². The van der Waals surface area contributed by atoms with Gasteiger partial charge in [-0.15, -0.1) is 0 Å². The highest BCUT2D eigenvalue weighted by Gasteiger charge is 2.51. The summed E-state index contributed by atoms with van der Waals surface area (Å²) in [6.45, 7) is 3.04. The lowest BCUT2D eigenvalue weighted by atomic mass is 10.1. The Labute approximate surface area is 208 Å². The second-order valence-electron chi connectivity index (χ2n) is 8.23. The number of methoxy groups -OCH3 is 1. The molecule has 1 aliphatic rings. The number of amides is 2. The maximum absolute atomic E-state index is 13.5. The van der Waals surface area contributed by atoms with Crippen molar-refractivity contribution >= 4 is 34.7 Å². The summed E-state index contributed by atoms with van der Waals surface area (Å²) in [7, 11) is 1.44. The Kier molecular flexibility index (Phi) is 8.09. The summed E-state index contributed by atoms with van der Waals surface area (Å²) in [6, 6.07) is 7.38. The lowest BCUT2D eigenvalue weighted by Crippen LogP contribution is -2.48. The van der Waals surface area contributed by atoms with Crippen molar-refractivity contribution in [3.05, 3.63) is 36.5 Å². The van der Waals surface area contributed by atoms with E-state index in [9.17, 15) is 27.3 Å². The fraction of sp³-hybridized carbons (Fsp3) is 0.409. The minimum atomic E-state index is -4.77. The van der Waals surface area contributed by atoms with Gasteiger partial charge < -0.3 is 24.1 Å². The molecule has 0 saturated carbocycles. The van der Waals surface area contributed by atoms with Gasteiger partial charge in [-0.05, 0) is 32.0 Å². The van der Waals surface area contributed by atoms with E-state index in [1.54, 1.807) is 12.1 Å². The smallest absolute Gasteiger partial charge is 0.427 e. The summed E-state index contributed by atoms with van der Waals surface area (Å²) in [4.78, 5) is 27.9. The molecular weight excluding hydrogens is 505 g/mol. The van der Waals surface area contributed by atoms with Crippen LogP contribution in [0.3, 0.4) is 0 Å². The van der Waals surface area contributed by atoms with Crippen LogP contribution < -0.4 is 24.4 Å². The van der Waals surface area contributed by atoms with Gasteiger partial charge in [0, 0.05) is 24.7 Å². The van der Waals surface area contributed by atoms with Crippen molar-refractivity contribution in [3.8, 4) is 11.6 Å². The van der Waals surface area contributed by atoms with Gasteiger partial charge in [-0.25, -0.2) is 9.78 Å². The number of carbonyl (C=O) groups excluding carboxylic acids is 2. The normalized spacial score (nSPS) is 16.3. The van der Waals surface area contributed by atoms with E-state index in [-0.39, 0.29) is 24.7 Å². The van der Waals surface area contributed by atoms with Gasteiger partial charge in [-0.1, -0.05) is 0 Å². The van der Waals surface area contributed by atoms with Crippen molar-refractivity contribution in [1.82, 2.24) is 10.3 Å². The molecule has 1 unspecified atom stereocenters. The number of fused-ring (bicyclic) bond motifs is 1. The molecule has 0 radical (unpaired) electrons. The van der Waals surface area contributed by atoms with E-state index in [0.717, 1.165) is 13.8 Å². The maximum Gasteiger partial charge on any atom is 0.427 e. The minimum absolute atomic E-state index is 0.0843. The quantitative estimate of drug-likeness (QED) is 0.522. The molecule has 0 fully saturated rings. The highest BCUT2D eigenvalue weighted by atomic mass is 32.2. The number of carbonyl (C=O) groups is 2. The molecule has 14 heteroatoms. The summed E-state index contributed by atoms with van der Waals surface area (Å²) in [5.74, 6) is 0.352. The molecule has 36 heavy (non-hydrogen) atoms. The lowest BCUT2D eigenvalue weighted by molar-refractivity contribution is -0.242. The predicted octanol–water partition coefficient (Wildman–Crippen LogP) is 3.41. The third-order valence-electron chi connectivity index (χ3n) is 5.07. The van der Waals surface area contributed by atoms with Crippen molar-refractivity contribution in [2.45, 2.75) is 43.5 Å². The summed E-state index contributed by atoms with van der Waals surface area (Å²) in [5, 5.41) is 4.91. The van der Waals surface area contributed by atoms with Gasteiger partial charge in [0.05, 0.1) is 19.9 Å². The zero-order valence-corrected chi connectivity index (χ0v) is 20.7.